The van der Waals surface area contributed by atoms with E-state index in [1.165, 1.54) is 6.20 Å². The van der Waals surface area contributed by atoms with E-state index in [4.69, 9.17) is 4.42 Å². The summed E-state index contributed by atoms with van der Waals surface area (Å²) in [5, 5.41) is 12.6. The molecule has 3 fully saturated rings. The smallest absolute Gasteiger partial charge is 0.307 e. The van der Waals surface area contributed by atoms with Crippen LogP contribution < -0.4 is 5.32 Å². The molecule has 4 atom stereocenters. The van der Waals surface area contributed by atoms with Crippen molar-refractivity contribution in [2.75, 3.05) is 13.1 Å². The van der Waals surface area contributed by atoms with E-state index in [1.54, 1.807) is 24.3 Å². The Labute approximate surface area is 140 Å². The van der Waals surface area contributed by atoms with Gasteiger partial charge in [-0.2, -0.15) is 0 Å². The van der Waals surface area contributed by atoms with Gasteiger partial charge in [0.05, 0.1) is 6.20 Å². The van der Waals surface area contributed by atoms with Gasteiger partial charge in [0.25, 0.3) is 5.89 Å². The summed E-state index contributed by atoms with van der Waals surface area (Å²) in [6, 6.07) is 7.46. The molecule has 0 aliphatic carbocycles. The summed E-state index contributed by atoms with van der Waals surface area (Å²) < 4.78 is 5.58. The fourth-order valence-corrected chi connectivity index (χ4v) is 3.86. The SMILES string of the molecule is CC1CC2CCN1C[C@@H]2NC(=O)c1ncc(-c2cccc(O)c2)o1. The van der Waals surface area contributed by atoms with Crippen LogP contribution in [0.3, 0.4) is 0 Å². The Hall–Kier alpha value is -2.34. The van der Waals surface area contributed by atoms with Crippen LogP contribution in [0.2, 0.25) is 0 Å². The highest BCUT2D eigenvalue weighted by atomic mass is 16.4. The molecule has 3 saturated heterocycles. The van der Waals surface area contributed by atoms with E-state index in [9.17, 15) is 9.90 Å². The predicted molar refractivity (Wildman–Crippen MR) is 88.6 cm³/mol. The molecule has 1 aromatic heterocycles. The lowest BCUT2D eigenvalue weighted by atomic mass is 9.80. The van der Waals surface area contributed by atoms with Crippen molar-refractivity contribution in [1.82, 2.24) is 15.2 Å². The molecule has 0 saturated carbocycles. The zero-order valence-corrected chi connectivity index (χ0v) is 13.6. The monoisotopic (exact) mass is 327 g/mol. The molecule has 6 heteroatoms. The van der Waals surface area contributed by atoms with Crippen LogP contribution in [0.4, 0.5) is 0 Å². The Balaban J connectivity index is 1.46. The Bertz CT molecular complexity index is 757. The maximum Gasteiger partial charge on any atom is 0.307 e. The van der Waals surface area contributed by atoms with Gasteiger partial charge in [-0.05, 0) is 44.4 Å². The standard InChI is InChI=1S/C18H21N3O3/c1-11-7-12-5-6-21(11)10-15(12)20-17(23)18-19-9-16(24-18)13-3-2-4-14(22)8-13/h2-4,8-9,11-12,15,22H,5-7,10H2,1H3,(H,20,23)/t11?,12?,15-/m0/s1. The molecule has 0 spiro atoms. The van der Waals surface area contributed by atoms with Gasteiger partial charge in [0.1, 0.15) is 5.75 Å². The van der Waals surface area contributed by atoms with Gasteiger partial charge >= 0.3 is 5.91 Å². The van der Waals surface area contributed by atoms with Gasteiger partial charge in [0.15, 0.2) is 5.76 Å². The zero-order chi connectivity index (χ0) is 16.7. The number of hydrogen-bond donors (Lipinski definition) is 2. The third-order valence-corrected chi connectivity index (χ3v) is 5.20. The van der Waals surface area contributed by atoms with Gasteiger partial charge in [0, 0.05) is 24.2 Å². The number of oxazole rings is 1. The number of nitrogens with zero attached hydrogens (tertiary/aromatic N) is 2. The van der Waals surface area contributed by atoms with Crippen molar-refractivity contribution in [1.29, 1.82) is 0 Å². The van der Waals surface area contributed by atoms with Crippen LogP contribution in [0.1, 0.15) is 30.5 Å². The molecule has 3 aliphatic rings. The number of rotatable bonds is 3. The Morgan fingerprint density at radius 2 is 2.33 bits per heavy atom. The van der Waals surface area contributed by atoms with Crippen molar-refractivity contribution >= 4 is 5.91 Å². The Morgan fingerprint density at radius 1 is 1.46 bits per heavy atom. The van der Waals surface area contributed by atoms with Gasteiger partial charge in [-0.25, -0.2) is 4.98 Å². The van der Waals surface area contributed by atoms with Crippen LogP contribution in [-0.2, 0) is 0 Å². The molecular formula is C18H21N3O3. The largest absolute Gasteiger partial charge is 0.508 e. The number of hydrogen-bond acceptors (Lipinski definition) is 5. The summed E-state index contributed by atoms with van der Waals surface area (Å²) in [6.07, 6.45) is 3.78. The van der Waals surface area contributed by atoms with Crippen molar-refractivity contribution < 1.29 is 14.3 Å². The summed E-state index contributed by atoms with van der Waals surface area (Å²) in [5.74, 6) is 0.954. The van der Waals surface area contributed by atoms with Gasteiger partial charge < -0.3 is 14.8 Å². The van der Waals surface area contributed by atoms with Crippen molar-refractivity contribution in [3.8, 4) is 17.1 Å². The summed E-state index contributed by atoms with van der Waals surface area (Å²) in [4.78, 5) is 19.0. The molecule has 0 radical (unpaired) electrons. The van der Waals surface area contributed by atoms with Crippen LogP contribution in [0.15, 0.2) is 34.9 Å². The van der Waals surface area contributed by atoms with Crippen LogP contribution >= 0.6 is 0 Å². The molecule has 126 valence electrons. The number of carbonyl (C=O) groups is 1. The first-order chi connectivity index (χ1) is 11.6. The number of aromatic nitrogens is 1. The fourth-order valence-electron chi connectivity index (χ4n) is 3.86. The molecule has 2 N–H and O–H groups in total. The number of phenols is 1. The molecule has 1 amide bonds. The van der Waals surface area contributed by atoms with Crippen molar-refractivity contribution in [2.45, 2.75) is 31.8 Å². The molecule has 24 heavy (non-hydrogen) atoms. The molecule has 5 rings (SSSR count). The quantitative estimate of drug-likeness (QED) is 0.904. The minimum Gasteiger partial charge on any atom is -0.508 e. The number of aromatic hydroxyl groups is 1. The molecule has 2 aromatic rings. The number of carbonyl (C=O) groups excluding carboxylic acids is 1. The summed E-state index contributed by atoms with van der Waals surface area (Å²) >= 11 is 0. The topological polar surface area (TPSA) is 78.6 Å². The minimum atomic E-state index is -0.271. The lowest BCUT2D eigenvalue weighted by molar-refractivity contribution is 0.0267. The average molecular weight is 327 g/mol. The van der Waals surface area contributed by atoms with E-state index in [0.717, 1.165) is 25.9 Å². The van der Waals surface area contributed by atoms with Gasteiger partial charge in [-0.15, -0.1) is 0 Å². The normalized spacial score (nSPS) is 28.7. The first kappa shape index (κ1) is 15.2. The van der Waals surface area contributed by atoms with E-state index in [-0.39, 0.29) is 23.6 Å². The Kier molecular flexibility index (Phi) is 3.76. The van der Waals surface area contributed by atoms with E-state index in [2.05, 4.69) is 22.1 Å². The number of fused-ring (bicyclic) bond motifs is 3. The van der Waals surface area contributed by atoms with Crippen LogP contribution in [0.5, 0.6) is 5.75 Å². The molecule has 3 aliphatic heterocycles. The molecular weight excluding hydrogens is 306 g/mol. The number of amides is 1. The second kappa shape index (κ2) is 5.94. The highest BCUT2D eigenvalue weighted by Gasteiger charge is 2.39. The lowest BCUT2D eigenvalue weighted by Gasteiger charge is -2.48. The first-order valence-corrected chi connectivity index (χ1v) is 8.40. The van der Waals surface area contributed by atoms with E-state index in [1.807, 2.05) is 0 Å². The summed E-state index contributed by atoms with van der Waals surface area (Å²) in [5.41, 5.74) is 0.693. The average Bonchev–Trinajstić information content (AvgIpc) is 3.06. The highest BCUT2D eigenvalue weighted by molar-refractivity contribution is 5.90. The van der Waals surface area contributed by atoms with Crippen molar-refractivity contribution in [2.24, 2.45) is 5.92 Å². The number of piperidine rings is 3. The third kappa shape index (κ3) is 2.78. The number of benzene rings is 1. The number of phenolic OH excluding ortho intramolecular Hbond substituents is 1. The van der Waals surface area contributed by atoms with Crippen molar-refractivity contribution in [3.63, 3.8) is 0 Å². The first-order valence-electron chi connectivity index (χ1n) is 8.40. The maximum absolute atomic E-state index is 12.4. The van der Waals surface area contributed by atoms with Gasteiger partial charge in [0.2, 0.25) is 0 Å². The van der Waals surface area contributed by atoms with Crippen LogP contribution in [-0.4, -0.2) is 46.1 Å². The number of nitrogens with one attached hydrogen (secondary N) is 1. The summed E-state index contributed by atoms with van der Waals surface area (Å²) in [7, 11) is 0. The second-order valence-electron chi connectivity index (χ2n) is 6.79. The highest BCUT2D eigenvalue weighted by Crippen LogP contribution is 2.32. The Morgan fingerprint density at radius 3 is 3.04 bits per heavy atom. The lowest BCUT2D eigenvalue weighted by Crippen LogP contribution is -2.60. The second-order valence-corrected chi connectivity index (χ2v) is 6.79. The summed E-state index contributed by atoms with van der Waals surface area (Å²) in [6.45, 7) is 4.27. The van der Waals surface area contributed by atoms with Gasteiger partial charge in [-0.1, -0.05) is 12.1 Å². The molecule has 1 aromatic carbocycles. The third-order valence-electron chi connectivity index (χ3n) is 5.20. The van der Waals surface area contributed by atoms with E-state index >= 15 is 0 Å². The molecule has 2 bridgehead atoms. The maximum atomic E-state index is 12.4. The van der Waals surface area contributed by atoms with E-state index in [0.29, 0.717) is 23.3 Å². The molecule has 6 nitrogen and oxygen atoms in total. The van der Waals surface area contributed by atoms with Crippen LogP contribution in [0, 0.1) is 5.92 Å². The van der Waals surface area contributed by atoms with Crippen molar-refractivity contribution in [3.05, 3.63) is 36.4 Å². The molecule has 4 heterocycles. The van der Waals surface area contributed by atoms with E-state index < -0.39 is 0 Å². The van der Waals surface area contributed by atoms with Gasteiger partial charge in [-0.3, -0.25) is 9.69 Å². The van der Waals surface area contributed by atoms with Crippen LogP contribution in [0.25, 0.3) is 11.3 Å². The fraction of sp³-hybridized carbons (Fsp3) is 0.444. The molecule has 3 unspecified atom stereocenters. The zero-order valence-electron chi connectivity index (χ0n) is 13.6. The minimum absolute atomic E-state index is 0.0674. The predicted octanol–water partition coefficient (Wildman–Crippen LogP) is 2.26.